The van der Waals surface area contributed by atoms with Crippen LogP contribution in [0.3, 0.4) is 0 Å². The van der Waals surface area contributed by atoms with E-state index in [1.807, 2.05) is 44.3 Å². The van der Waals surface area contributed by atoms with Crippen LogP contribution in [0.15, 0.2) is 36.8 Å². The lowest BCUT2D eigenvalue weighted by Crippen LogP contribution is -1.95. The van der Waals surface area contributed by atoms with Gasteiger partial charge in [0.25, 0.3) is 0 Å². The molecule has 0 saturated heterocycles. The van der Waals surface area contributed by atoms with Crippen LogP contribution in [-0.2, 0) is 7.05 Å². The molecule has 0 unspecified atom stereocenters. The molecule has 6 nitrogen and oxygen atoms in total. The smallest absolute Gasteiger partial charge is 0.233 e. The van der Waals surface area contributed by atoms with Crippen molar-refractivity contribution in [2.24, 2.45) is 7.05 Å². The van der Waals surface area contributed by atoms with Crippen LogP contribution in [0, 0.1) is 0 Å². The van der Waals surface area contributed by atoms with Crippen molar-refractivity contribution < 1.29 is 9.47 Å². The number of benzene rings is 1. The van der Waals surface area contributed by atoms with Gasteiger partial charge in [-0.2, -0.15) is 5.10 Å². The summed E-state index contributed by atoms with van der Waals surface area (Å²) >= 11 is 0. The second-order valence-electron chi connectivity index (χ2n) is 4.70. The zero-order valence-electron chi connectivity index (χ0n) is 12.6. The molecule has 0 spiro atoms. The van der Waals surface area contributed by atoms with Gasteiger partial charge in [-0.3, -0.25) is 4.68 Å². The maximum absolute atomic E-state index is 5.91. The van der Waals surface area contributed by atoms with E-state index in [1.165, 1.54) is 6.33 Å². The van der Waals surface area contributed by atoms with Gasteiger partial charge in [-0.05, 0) is 24.6 Å². The number of rotatable bonds is 4. The minimum absolute atomic E-state index is 0.454. The van der Waals surface area contributed by atoms with Gasteiger partial charge >= 0.3 is 0 Å². The van der Waals surface area contributed by atoms with Crippen molar-refractivity contribution in [1.82, 2.24) is 19.7 Å². The molecule has 112 valence electrons. The van der Waals surface area contributed by atoms with Crippen molar-refractivity contribution in [3.05, 3.63) is 42.4 Å². The van der Waals surface area contributed by atoms with Crippen molar-refractivity contribution in [1.29, 1.82) is 0 Å². The molecule has 0 aliphatic carbocycles. The molecule has 22 heavy (non-hydrogen) atoms. The first-order valence-corrected chi connectivity index (χ1v) is 6.84. The molecule has 0 N–H and O–H groups in total. The second-order valence-corrected chi connectivity index (χ2v) is 4.70. The fourth-order valence-corrected chi connectivity index (χ4v) is 2.19. The molecule has 0 aliphatic rings. The number of ether oxygens (including phenoxy) is 2. The molecule has 2 aromatic heterocycles. The summed E-state index contributed by atoms with van der Waals surface area (Å²) < 4.78 is 13.0. The van der Waals surface area contributed by atoms with Crippen LogP contribution < -0.4 is 9.47 Å². The van der Waals surface area contributed by atoms with Crippen LogP contribution in [0.1, 0.15) is 12.5 Å². The summed E-state index contributed by atoms with van der Waals surface area (Å²) in [7, 11) is 3.44. The van der Waals surface area contributed by atoms with Crippen molar-refractivity contribution in [3.8, 4) is 17.4 Å². The summed E-state index contributed by atoms with van der Waals surface area (Å²) in [5.74, 6) is 1.70. The number of hydrogen-bond acceptors (Lipinski definition) is 5. The molecular formula is C16H16N4O2. The standard InChI is InChI=1S/C16H16N4O2/c1-4-5-11-6-7-13(14(8-11)21-3)22-16-12-9-19-20(2)15(12)17-10-18-16/h4-10H,1-3H3/b5-4+. The highest BCUT2D eigenvalue weighted by atomic mass is 16.5. The summed E-state index contributed by atoms with van der Waals surface area (Å²) in [4.78, 5) is 8.39. The lowest BCUT2D eigenvalue weighted by molar-refractivity contribution is 0.375. The Bertz CT molecular complexity index is 839. The predicted octanol–water partition coefficient (Wildman–Crippen LogP) is 3.20. The molecule has 3 aromatic rings. The molecule has 0 radical (unpaired) electrons. The van der Waals surface area contributed by atoms with Gasteiger partial charge < -0.3 is 9.47 Å². The van der Waals surface area contributed by atoms with Gasteiger partial charge in [-0.1, -0.05) is 18.2 Å². The summed E-state index contributed by atoms with van der Waals surface area (Å²) in [6.07, 6.45) is 7.11. The van der Waals surface area contributed by atoms with Crippen LogP contribution in [-0.4, -0.2) is 26.9 Å². The third-order valence-corrected chi connectivity index (χ3v) is 3.25. The summed E-state index contributed by atoms with van der Waals surface area (Å²) in [5, 5.41) is 4.93. The van der Waals surface area contributed by atoms with Crippen LogP contribution in [0.25, 0.3) is 17.1 Å². The van der Waals surface area contributed by atoms with E-state index in [2.05, 4.69) is 15.1 Å². The Morgan fingerprint density at radius 3 is 2.82 bits per heavy atom. The maximum Gasteiger partial charge on any atom is 0.233 e. The first kappa shape index (κ1) is 14.1. The molecule has 0 aliphatic heterocycles. The lowest BCUT2D eigenvalue weighted by atomic mass is 10.2. The van der Waals surface area contributed by atoms with Crippen LogP contribution in [0.4, 0.5) is 0 Å². The van der Waals surface area contributed by atoms with Gasteiger partial charge in [-0.25, -0.2) is 9.97 Å². The summed E-state index contributed by atoms with van der Waals surface area (Å²) in [5.41, 5.74) is 1.76. The largest absolute Gasteiger partial charge is 0.493 e. The predicted molar refractivity (Wildman–Crippen MR) is 84.1 cm³/mol. The minimum Gasteiger partial charge on any atom is -0.493 e. The van der Waals surface area contributed by atoms with Gasteiger partial charge in [0.2, 0.25) is 5.88 Å². The average Bonchev–Trinajstić information content (AvgIpc) is 2.92. The highest BCUT2D eigenvalue weighted by Gasteiger charge is 2.12. The van der Waals surface area contributed by atoms with E-state index in [4.69, 9.17) is 9.47 Å². The van der Waals surface area contributed by atoms with E-state index < -0.39 is 0 Å². The molecule has 2 heterocycles. The molecule has 0 bridgehead atoms. The van der Waals surface area contributed by atoms with Gasteiger partial charge in [0.05, 0.1) is 13.3 Å². The van der Waals surface area contributed by atoms with Crippen LogP contribution in [0.2, 0.25) is 0 Å². The Balaban J connectivity index is 2.01. The Hall–Kier alpha value is -2.89. The van der Waals surface area contributed by atoms with E-state index in [0.29, 0.717) is 17.4 Å². The Morgan fingerprint density at radius 1 is 1.18 bits per heavy atom. The molecule has 1 aromatic carbocycles. The third kappa shape index (κ3) is 2.50. The zero-order valence-corrected chi connectivity index (χ0v) is 12.6. The normalized spacial score (nSPS) is 11.2. The Kier molecular flexibility index (Phi) is 3.74. The van der Waals surface area contributed by atoms with Crippen molar-refractivity contribution in [2.45, 2.75) is 6.92 Å². The fourth-order valence-electron chi connectivity index (χ4n) is 2.19. The highest BCUT2D eigenvalue weighted by Crippen LogP contribution is 2.34. The number of hydrogen-bond donors (Lipinski definition) is 0. The summed E-state index contributed by atoms with van der Waals surface area (Å²) in [6, 6.07) is 5.73. The number of allylic oxidation sites excluding steroid dienone is 1. The molecule has 0 fully saturated rings. The SMILES string of the molecule is C/C=C/c1ccc(Oc2ncnc3c2cnn3C)c(OC)c1. The molecule has 6 heteroatoms. The third-order valence-electron chi connectivity index (χ3n) is 3.25. The zero-order chi connectivity index (χ0) is 15.5. The quantitative estimate of drug-likeness (QED) is 0.740. The van der Waals surface area contributed by atoms with Gasteiger partial charge in [0, 0.05) is 7.05 Å². The Morgan fingerprint density at radius 2 is 2.05 bits per heavy atom. The van der Waals surface area contributed by atoms with Gasteiger partial charge in [0.1, 0.15) is 11.7 Å². The van der Waals surface area contributed by atoms with Crippen molar-refractivity contribution in [2.75, 3.05) is 7.11 Å². The second kappa shape index (κ2) is 5.85. The van der Waals surface area contributed by atoms with E-state index in [0.717, 1.165) is 16.6 Å². The monoisotopic (exact) mass is 296 g/mol. The highest BCUT2D eigenvalue weighted by molar-refractivity contribution is 5.80. The van der Waals surface area contributed by atoms with Crippen molar-refractivity contribution >= 4 is 17.1 Å². The average molecular weight is 296 g/mol. The topological polar surface area (TPSA) is 62.1 Å². The van der Waals surface area contributed by atoms with E-state index in [9.17, 15) is 0 Å². The number of aryl methyl sites for hydroxylation is 1. The van der Waals surface area contributed by atoms with Crippen LogP contribution in [0.5, 0.6) is 17.4 Å². The lowest BCUT2D eigenvalue weighted by Gasteiger charge is -2.10. The number of nitrogens with zero attached hydrogens (tertiary/aromatic N) is 4. The van der Waals surface area contributed by atoms with E-state index in [1.54, 1.807) is 18.0 Å². The molecule has 3 rings (SSSR count). The van der Waals surface area contributed by atoms with Crippen LogP contribution >= 0.6 is 0 Å². The maximum atomic E-state index is 5.91. The molecule has 0 amide bonds. The molecular weight excluding hydrogens is 280 g/mol. The Labute approximate surface area is 128 Å². The molecule has 0 saturated carbocycles. The van der Waals surface area contributed by atoms with Gasteiger partial charge in [-0.15, -0.1) is 0 Å². The van der Waals surface area contributed by atoms with Crippen molar-refractivity contribution in [3.63, 3.8) is 0 Å². The van der Waals surface area contributed by atoms with E-state index >= 15 is 0 Å². The first-order chi connectivity index (χ1) is 10.7. The fraction of sp³-hybridized carbons (Fsp3) is 0.188. The minimum atomic E-state index is 0.454. The number of fused-ring (bicyclic) bond motifs is 1. The number of aromatic nitrogens is 4. The van der Waals surface area contributed by atoms with Gasteiger partial charge in [0.15, 0.2) is 17.1 Å². The summed E-state index contributed by atoms with van der Waals surface area (Å²) in [6.45, 7) is 1.97. The number of methoxy groups -OCH3 is 1. The van der Waals surface area contributed by atoms with E-state index in [-0.39, 0.29) is 0 Å². The molecule has 0 atom stereocenters. The first-order valence-electron chi connectivity index (χ1n) is 6.84.